The van der Waals surface area contributed by atoms with Gasteiger partial charge < -0.3 is 15.6 Å². The number of nitrogens with zero attached hydrogens (tertiary/aromatic N) is 5. The summed E-state index contributed by atoms with van der Waals surface area (Å²) in [6, 6.07) is 5.34. The minimum absolute atomic E-state index is 0.137. The van der Waals surface area contributed by atoms with Crippen LogP contribution >= 0.6 is 0 Å². The molecule has 0 aromatic carbocycles. The average molecular weight is 537 g/mol. The number of alkyl halides is 2. The first-order chi connectivity index (χ1) is 18.5. The first kappa shape index (κ1) is 26.4. The van der Waals surface area contributed by atoms with E-state index in [0.29, 0.717) is 46.4 Å². The van der Waals surface area contributed by atoms with Crippen LogP contribution in [0.3, 0.4) is 0 Å². The molecular weight excluding hydrogens is 506 g/mol. The third-order valence-electron chi connectivity index (χ3n) is 6.92. The maximum atomic E-state index is 14.1. The van der Waals surface area contributed by atoms with Crippen LogP contribution in [0.5, 0.6) is 0 Å². The molecule has 1 aliphatic heterocycles. The number of H-pyrrole nitrogens is 1. The van der Waals surface area contributed by atoms with E-state index in [0.717, 1.165) is 26.3 Å². The molecule has 1 atom stereocenters. The van der Waals surface area contributed by atoms with E-state index < -0.39 is 11.8 Å². The molecule has 1 aliphatic rings. The van der Waals surface area contributed by atoms with Crippen LogP contribution in [-0.4, -0.2) is 60.6 Å². The van der Waals surface area contributed by atoms with Gasteiger partial charge in [-0.1, -0.05) is 0 Å². The average Bonchev–Trinajstić information content (AvgIpc) is 3.58. The quantitative estimate of drug-likeness (QED) is 0.321. The van der Waals surface area contributed by atoms with Gasteiger partial charge in [0.1, 0.15) is 11.3 Å². The fraction of sp³-hybridized carbons (Fsp3) is 0.370. The molecule has 3 N–H and O–H groups in total. The normalized spacial score (nSPS) is 16.1. The molecule has 0 aliphatic carbocycles. The molecule has 2 amide bonds. The number of carbonyl (C=O) groups is 2. The van der Waals surface area contributed by atoms with E-state index in [9.17, 15) is 18.4 Å². The molecule has 4 aromatic heterocycles. The highest BCUT2D eigenvalue weighted by atomic mass is 19.3. The third kappa shape index (κ3) is 5.65. The fourth-order valence-electron chi connectivity index (χ4n) is 4.83. The summed E-state index contributed by atoms with van der Waals surface area (Å²) in [6.45, 7) is 5.87. The molecule has 0 radical (unpaired) electrons. The Balaban J connectivity index is 1.32. The van der Waals surface area contributed by atoms with Crippen LogP contribution in [0.15, 0.2) is 36.8 Å². The Kier molecular flexibility index (Phi) is 6.89. The van der Waals surface area contributed by atoms with Crippen molar-refractivity contribution in [2.24, 2.45) is 7.05 Å². The molecule has 1 fully saturated rings. The Morgan fingerprint density at radius 2 is 1.97 bits per heavy atom. The standard InChI is InChI=1S/C27H30F2N8O2/c1-15-6-5-7-37(15)14-23(38)32-19-10-21(16(2)30-12-19)34-26(39)18-8-17-9-22(33-25(17)31-11-18)20-13-36(4)35-24(20)27(3,28)29/h8-13,15H,5-7,14H2,1-4H3,(H,31,33)(H,32,38)(H,34,39)/t15-/m0/s1. The Hall–Kier alpha value is -4.19. The number of aromatic nitrogens is 5. The van der Waals surface area contributed by atoms with E-state index in [4.69, 9.17) is 0 Å². The Bertz CT molecular complexity index is 1560. The van der Waals surface area contributed by atoms with Crippen molar-refractivity contribution in [3.8, 4) is 11.3 Å². The van der Waals surface area contributed by atoms with Crippen molar-refractivity contribution in [3.63, 3.8) is 0 Å². The predicted molar refractivity (Wildman–Crippen MR) is 144 cm³/mol. The summed E-state index contributed by atoms with van der Waals surface area (Å²) in [5, 5.41) is 10.2. The highest BCUT2D eigenvalue weighted by Gasteiger charge is 2.32. The van der Waals surface area contributed by atoms with Crippen LogP contribution in [0.1, 0.15) is 48.4 Å². The molecule has 0 bridgehead atoms. The highest BCUT2D eigenvalue weighted by molar-refractivity contribution is 6.06. The second-order valence-corrected chi connectivity index (χ2v) is 10.1. The number of pyridine rings is 2. The molecule has 10 nitrogen and oxygen atoms in total. The molecule has 12 heteroatoms. The topological polar surface area (TPSA) is 121 Å². The molecule has 4 aromatic rings. The van der Waals surface area contributed by atoms with Crippen molar-refractivity contribution in [2.45, 2.75) is 45.6 Å². The van der Waals surface area contributed by atoms with Gasteiger partial charge in [-0.3, -0.25) is 24.2 Å². The fourth-order valence-corrected chi connectivity index (χ4v) is 4.83. The number of nitrogens with one attached hydrogen (secondary N) is 3. The maximum Gasteiger partial charge on any atom is 0.289 e. The summed E-state index contributed by atoms with van der Waals surface area (Å²) in [7, 11) is 1.58. The number of aromatic amines is 1. The van der Waals surface area contributed by atoms with E-state index in [1.807, 2.05) is 0 Å². The van der Waals surface area contributed by atoms with Crippen molar-refractivity contribution in [1.82, 2.24) is 29.6 Å². The summed E-state index contributed by atoms with van der Waals surface area (Å²) >= 11 is 0. The predicted octanol–water partition coefficient (Wildman–Crippen LogP) is 4.45. The van der Waals surface area contributed by atoms with Gasteiger partial charge in [-0.15, -0.1) is 0 Å². The van der Waals surface area contributed by atoms with E-state index in [-0.39, 0.29) is 22.7 Å². The van der Waals surface area contributed by atoms with Gasteiger partial charge in [-0.05, 0) is 51.4 Å². The Labute approximate surface area is 223 Å². The lowest BCUT2D eigenvalue weighted by atomic mass is 10.1. The highest BCUT2D eigenvalue weighted by Crippen LogP contribution is 2.35. The zero-order valence-electron chi connectivity index (χ0n) is 22.2. The van der Waals surface area contributed by atoms with Gasteiger partial charge >= 0.3 is 0 Å². The maximum absolute atomic E-state index is 14.1. The first-order valence-electron chi connectivity index (χ1n) is 12.7. The zero-order valence-corrected chi connectivity index (χ0v) is 22.2. The summed E-state index contributed by atoms with van der Waals surface area (Å²) in [6.07, 6.45) is 6.64. The number of hydrogen-bond donors (Lipinski definition) is 3. The lowest BCUT2D eigenvalue weighted by Crippen LogP contribution is -2.35. The first-order valence-corrected chi connectivity index (χ1v) is 12.7. The second kappa shape index (κ2) is 10.2. The van der Waals surface area contributed by atoms with Crippen molar-refractivity contribution >= 4 is 34.2 Å². The Morgan fingerprint density at radius 1 is 1.18 bits per heavy atom. The minimum Gasteiger partial charge on any atom is -0.339 e. The number of fused-ring (bicyclic) bond motifs is 1. The molecule has 0 unspecified atom stereocenters. The van der Waals surface area contributed by atoms with Crippen molar-refractivity contribution in [1.29, 1.82) is 0 Å². The molecule has 5 heterocycles. The molecule has 39 heavy (non-hydrogen) atoms. The number of aryl methyl sites for hydroxylation is 2. The van der Waals surface area contributed by atoms with Crippen LogP contribution in [0.25, 0.3) is 22.3 Å². The van der Waals surface area contributed by atoms with Gasteiger partial charge in [0.25, 0.3) is 11.8 Å². The number of rotatable bonds is 7. The SMILES string of the molecule is Cc1ncc(NC(=O)CN2CCC[C@@H]2C)cc1NC(=O)c1cnc2[nH]c(-c3cn(C)nc3C(C)(F)F)cc2c1. The number of halogens is 2. The molecule has 1 saturated heterocycles. The van der Waals surface area contributed by atoms with Crippen LogP contribution < -0.4 is 10.6 Å². The molecule has 0 saturated carbocycles. The third-order valence-corrected chi connectivity index (χ3v) is 6.92. The molecule has 204 valence electrons. The summed E-state index contributed by atoms with van der Waals surface area (Å²) in [5.74, 6) is -3.69. The van der Waals surface area contributed by atoms with Gasteiger partial charge in [0.15, 0.2) is 0 Å². The lowest BCUT2D eigenvalue weighted by Gasteiger charge is -2.20. The molecule has 5 rings (SSSR count). The van der Waals surface area contributed by atoms with E-state index in [1.165, 1.54) is 17.1 Å². The van der Waals surface area contributed by atoms with Gasteiger partial charge in [0.2, 0.25) is 5.91 Å². The zero-order chi connectivity index (χ0) is 27.9. The number of hydrogen-bond acceptors (Lipinski definition) is 6. The number of amides is 2. The van der Waals surface area contributed by atoms with Crippen molar-refractivity contribution < 1.29 is 18.4 Å². The number of carbonyl (C=O) groups excluding carboxylic acids is 2. The smallest absolute Gasteiger partial charge is 0.289 e. The summed E-state index contributed by atoms with van der Waals surface area (Å²) < 4.78 is 29.5. The van der Waals surface area contributed by atoms with Gasteiger partial charge in [-0.25, -0.2) is 4.98 Å². The van der Waals surface area contributed by atoms with Crippen molar-refractivity contribution in [3.05, 3.63) is 53.7 Å². The van der Waals surface area contributed by atoms with E-state index >= 15 is 0 Å². The van der Waals surface area contributed by atoms with Gasteiger partial charge in [0, 0.05) is 43.4 Å². The van der Waals surface area contributed by atoms with E-state index in [1.54, 1.807) is 38.4 Å². The monoisotopic (exact) mass is 536 g/mol. The van der Waals surface area contributed by atoms with Gasteiger partial charge in [-0.2, -0.15) is 13.9 Å². The molecule has 0 spiro atoms. The van der Waals surface area contributed by atoms with Crippen LogP contribution in [-0.2, 0) is 17.8 Å². The summed E-state index contributed by atoms with van der Waals surface area (Å²) in [5.41, 5.74) is 2.57. The second-order valence-electron chi connectivity index (χ2n) is 10.1. The van der Waals surface area contributed by atoms with Crippen LogP contribution in [0.4, 0.5) is 20.2 Å². The van der Waals surface area contributed by atoms with Gasteiger partial charge in [0.05, 0.1) is 41.1 Å². The largest absolute Gasteiger partial charge is 0.339 e. The van der Waals surface area contributed by atoms with Crippen molar-refractivity contribution in [2.75, 3.05) is 23.7 Å². The summed E-state index contributed by atoms with van der Waals surface area (Å²) in [4.78, 5) is 39.4. The minimum atomic E-state index is -3.13. The number of likely N-dealkylation sites (tertiary alicyclic amines) is 1. The number of anilines is 2. The van der Waals surface area contributed by atoms with E-state index in [2.05, 4.69) is 42.5 Å². The molecular formula is C27H30F2N8O2. The lowest BCUT2D eigenvalue weighted by molar-refractivity contribution is -0.117. The van der Waals surface area contributed by atoms with Crippen LogP contribution in [0.2, 0.25) is 0 Å². The van der Waals surface area contributed by atoms with Crippen LogP contribution in [0, 0.1) is 6.92 Å². The Morgan fingerprint density at radius 3 is 2.69 bits per heavy atom.